The summed E-state index contributed by atoms with van der Waals surface area (Å²) in [6.45, 7) is 9.60. The second-order valence-corrected chi connectivity index (χ2v) is 4.38. The third-order valence-electron chi connectivity index (χ3n) is 2.87. The second kappa shape index (κ2) is 9.41. The lowest BCUT2D eigenvalue weighted by Gasteiger charge is -2.28. The molecule has 0 aromatic carbocycles. The predicted octanol–water partition coefficient (Wildman–Crippen LogP) is 1.79. The van der Waals surface area contributed by atoms with Crippen molar-refractivity contribution in [2.45, 2.75) is 34.1 Å². The minimum Gasteiger partial charge on any atom is -0.394 e. The molecular formula is C13H27N3O4. The molecule has 0 aromatic rings. The van der Waals surface area contributed by atoms with Gasteiger partial charge in [-0.15, -0.1) is 0 Å². The number of rotatable bonds is 7. The zero-order chi connectivity index (χ0) is 15.7. The molecule has 0 radical (unpaired) electrons. The van der Waals surface area contributed by atoms with Crippen LogP contribution in [0.15, 0.2) is 0 Å². The Morgan fingerprint density at radius 1 is 0.800 bits per heavy atom. The molecule has 20 heavy (non-hydrogen) atoms. The van der Waals surface area contributed by atoms with Gasteiger partial charge in [0.05, 0.1) is 0 Å². The molecule has 0 spiro atoms. The van der Waals surface area contributed by atoms with Gasteiger partial charge in [-0.3, -0.25) is 0 Å². The third kappa shape index (κ3) is 5.64. The van der Waals surface area contributed by atoms with E-state index in [1.165, 1.54) is 14.7 Å². The monoisotopic (exact) mass is 289 g/mol. The summed E-state index contributed by atoms with van der Waals surface area (Å²) in [5, 5.41) is 0. The maximum absolute atomic E-state index is 11.9. The van der Waals surface area contributed by atoms with Crippen LogP contribution >= 0.6 is 0 Å². The maximum Gasteiger partial charge on any atom is 0.413 e. The van der Waals surface area contributed by atoms with E-state index in [9.17, 15) is 9.59 Å². The molecular weight excluding hydrogens is 262 g/mol. The maximum atomic E-state index is 11.9. The van der Waals surface area contributed by atoms with E-state index >= 15 is 0 Å². The van der Waals surface area contributed by atoms with E-state index in [4.69, 9.17) is 9.47 Å². The summed E-state index contributed by atoms with van der Waals surface area (Å²) in [5.74, 6) is 0. The number of carbonyl (C=O) groups is 2. The third-order valence-corrected chi connectivity index (χ3v) is 2.87. The molecule has 7 heteroatoms. The van der Waals surface area contributed by atoms with E-state index in [-0.39, 0.29) is 0 Å². The SMILES string of the molecule is CCN(CC)C(=O)OC(OC(=O)N(CC)CC)N(C)C. The summed E-state index contributed by atoms with van der Waals surface area (Å²) in [6.07, 6.45) is -2.03. The topological polar surface area (TPSA) is 62.3 Å². The summed E-state index contributed by atoms with van der Waals surface area (Å²) in [7, 11) is 3.35. The van der Waals surface area contributed by atoms with Crippen LogP contribution in [0.3, 0.4) is 0 Å². The van der Waals surface area contributed by atoms with Crippen LogP contribution in [0.2, 0.25) is 0 Å². The van der Waals surface area contributed by atoms with Gasteiger partial charge in [-0.05, 0) is 41.8 Å². The summed E-state index contributed by atoms with van der Waals surface area (Å²) >= 11 is 0. The zero-order valence-corrected chi connectivity index (χ0v) is 13.4. The van der Waals surface area contributed by atoms with E-state index in [2.05, 4.69) is 0 Å². The fourth-order valence-electron chi connectivity index (χ4n) is 1.52. The first-order chi connectivity index (χ1) is 9.40. The molecule has 7 nitrogen and oxygen atoms in total. The summed E-state index contributed by atoms with van der Waals surface area (Å²) < 4.78 is 10.4. The van der Waals surface area contributed by atoms with Crippen molar-refractivity contribution >= 4 is 12.2 Å². The summed E-state index contributed by atoms with van der Waals surface area (Å²) in [4.78, 5) is 28.3. The fourth-order valence-corrected chi connectivity index (χ4v) is 1.52. The summed E-state index contributed by atoms with van der Waals surface area (Å²) in [5.41, 5.74) is 0. The van der Waals surface area contributed by atoms with Crippen molar-refractivity contribution in [3.8, 4) is 0 Å². The molecule has 0 N–H and O–H groups in total. The van der Waals surface area contributed by atoms with Crippen molar-refractivity contribution in [1.82, 2.24) is 14.7 Å². The highest BCUT2D eigenvalue weighted by Crippen LogP contribution is 2.06. The molecule has 0 bridgehead atoms. The van der Waals surface area contributed by atoms with Crippen LogP contribution in [-0.2, 0) is 9.47 Å². The number of amides is 2. The van der Waals surface area contributed by atoms with Gasteiger partial charge in [0.2, 0.25) is 0 Å². The van der Waals surface area contributed by atoms with Gasteiger partial charge in [0.1, 0.15) is 0 Å². The predicted molar refractivity (Wildman–Crippen MR) is 76.3 cm³/mol. The van der Waals surface area contributed by atoms with Crippen LogP contribution in [0.4, 0.5) is 9.59 Å². The van der Waals surface area contributed by atoms with Gasteiger partial charge in [0.15, 0.2) is 0 Å². The Hall–Kier alpha value is -1.50. The van der Waals surface area contributed by atoms with E-state index in [0.717, 1.165) is 0 Å². The Kier molecular flexibility index (Phi) is 8.71. The van der Waals surface area contributed by atoms with E-state index in [0.29, 0.717) is 26.2 Å². The van der Waals surface area contributed by atoms with Crippen molar-refractivity contribution < 1.29 is 19.1 Å². The van der Waals surface area contributed by atoms with Crippen LogP contribution in [0.5, 0.6) is 0 Å². The highest BCUT2D eigenvalue weighted by Gasteiger charge is 2.25. The molecule has 118 valence electrons. The largest absolute Gasteiger partial charge is 0.413 e. The molecule has 0 aliphatic rings. The minimum absolute atomic E-state index is 0.499. The first-order valence-electron chi connectivity index (χ1n) is 6.98. The highest BCUT2D eigenvalue weighted by atomic mass is 16.7. The molecule has 0 unspecified atom stereocenters. The second-order valence-electron chi connectivity index (χ2n) is 4.38. The minimum atomic E-state index is -1.03. The van der Waals surface area contributed by atoms with Crippen molar-refractivity contribution in [3.05, 3.63) is 0 Å². The number of nitrogens with zero attached hydrogens (tertiary/aromatic N) is 3. The van der Waals surface area contributed by atoms with Gasteiger partial charge in [-0.2, -0.15) is 0 Å². The Morgan fingerprint density at radius 2 is 1.10 bits per heavy atom. The average molecular weight is 289 g/mol. The Morgan fingerprint density at radius 3 is 1.30 bits per heavy atom. The Labute approximate surface area is 121 Å². The van der Waals surface area contributed by atoms with Gasteiger partial charge in [0.25, 0.3) is 0 Å². The number of ether oxygens (including phenoxy) is 2. The lowest BCUT2D eigenvalue weighted by Crippen LogP contribution is -2.44. The van der Waals surface area contributed by atoms with Gasteiger partial charge in [-0.1, -0.05) is 0 Å². The molecule has 0 atom stereocenters. The van der Waals surface area contributed by atoms with Crippen LogP contribution in [0.25, 0.3) is 0 Å². The zero-order valence-electron chi connectivity index (χ0n) is 13.4. The highest BCUT2D eigenvalue weighted by molar-refractivity contribution is 5.69. The summed E-state index contributed by atoms with van der Waals surface area (Å²) in [6, 6.07) is 0. The van der Waals surface area contributed by atoms with Gasteiger partial charge >= 0.3 is 18.6 Å². The number of hydrogen-bond acceptors (Lipinski definition) is 5. The Balaban J connectivity index is 4.66. The molecule has 0 rings (SSSR count). The molecule has 0 heterocycles. The molecule has 0 saturated heterocycles. The van der Waals surface area contributed by atoms with Crippen molar-refractivity contribution in [1.29, 1.82) is 0 Å². The van der Waals surface area contributed by atoms with E-state index < -0.39 is 18.6 Å². The normalized spacial score (nSPS) is 10.6. The van der Waals surface area contributed by atoms with E-state index in [1.54, 1.807) is 14.1 Å². The van der Waals surface area contributed by atoms with Gasteiger partial charge in [0, 0.05) is 26.2 Å². The number of hydrogen-bond donors (Lipinski definition) is 0. The van der Waals surface area contributed by atoms with Gasteiger partial charge in [-0.25, -0.2) is 14.5 Å². The van der Waals surface area contributed by atoms with Crippen molar-refractivity contribution in [3.63, 3.8) is 0 Å². The quantitative estimate of drug-likeness (QED) is 0.669. The number of carbonyl (C=O) groups excluding carboxylic acids is 2. The van der Waals surface area contributed by atoms with Crippen LogP contribution in [0, 0.1) is 0 Å². The molecule has 0 aliphatic heterocycles. The molecule has 0 aromatic heterocycles. The Bertz CT molecular complexity index is 276. The fraction of sp³-hybridized carbons (Fsp3) is 0.846. The van der Waals surface area contributed by atoms with Crippen LogP contribution < -0.4 is 0 Å². The van der Waals surface area contributed by atoms with E-state index in [1.807, 2.05) is 27.7 Å². The van der Waals surface area contributed by atoms with Crippen LogP contribution in [0.1, 0.15) is 27.7 Å². The lowest BCUT2D eigenvalue weighted by molar-refractivity contribution is -0.152. The molecule has 0 aliphatic carbocycles. The van der Waals surface area contributed by atoms with Crippen molar-refractivity contribution in [2.75, 3.05) is 40.3 Å². The smallest absolute Gasteiger partial charge is 0.394 e. The average Bonchev–Trinajstić information content (AvgIpc) is 2.40. The van der Waals surface area contributed by atoms with Gasteiger partial charge < -0.3 is 19.3 Å². The standard InChI is InChI=1S/C13H27N3O4/c1-7-15(8-2)11(17)19-13(14(5)6)20-12(18)16(9-3)10-4/h13H,7-10H2,1-6H3. The first kappa shape index (κ1) is 18.5. The lowest BCUT2D eigenvalue weighted by atomic mass is 10.5. The first-order valence-corrected chi connectivity index (χ1v) is 6.98. The molecule has 0 saturated carbocycles. The molecule has 2 amide bonds. The van der Waals surface area contributed by atoms with Crippen molar-refractivity contribution in [2.24, 2.45) is 0 Å². The molecule has 0 fully saturated rings. The van der Waals surface area contributed by atoms with Crippen LogP contribution in [-0.4, -0.2) is 73.6 Å².